The van der Waals surface area contributed by atoms with E-state index < -0.39 is 46.1 Å². The molecule has 2 aromatic carbocycles. The number of nitrogens with zero attached hydrogens (tertiary/aromatic N) is 2. The van der Waals surface area contributed by atoms with Crippen LogP contribution in [-0.2, 0) is 0 Å². The molecule has 29 heavy (non-hydrogen) atoms. The van der Waals surface area contributed by atoms with Gasteiger partial charge in [0.05, 0.1) is 22.3 Å². The van der Waals surface area contributed by atoms with Crippen LogP contribution < -0.4 is 0 Å². The second-order valence-corrected chi connectivity index (χ2v) is 5.65. The number of hydrogen-bond donors (Lipinski definition) is 4. The first-order valence-corrected chi connectivity index (χ1v) is 7.74. The summed E-state index contributed by atoms with van der Waals surface area (Å²) < 4.78 is 5.42. The minimum absolute atomic E-state index is 0.131. The Labute approximate surface area is 160 Å². The molecule has 0 spiro atoms. The van der Waals surface area contributed by atoms with Crippen molar-refractivity contribution in [3.05, 3.63) is 58.7 Å². The van der Waals surface area contributed by atoms with Crippen molar-refractivity contribution in [3.8, 4) is 22.9 Å². The summed E-state index contributed by atoms with van der Waals surface area (Å²) in [5, 5.41) is 44.0. The largest absolute Gasteiger partial charge is 0.478 e. The predicted molar refractivity (Wildman–Crippen MR) is 93.0 cm³/mol. The Hall–Kier alpha value is -4.54. The number of hydrogen-bond acceptors (Lipinski definition) is 7. The molecule has 0 radical (unpaired) electrons. The molecule has 0 aliphatic carbocycles. The van der Waals surface area contributed by atoms with Crippen molar-refractivity contribution in [2.45, 2.75) is 0 Å². The van der Waals surface area contributed by atoms with E-state index in [4.69, 9.17) is 14.6 Å². The third kappa shape index (κ3) is 3.64. The number of carboxylic acid groups (broad SMARTS) is 4. The van der Waals surface area contributed by atoms with E-state index in [0.717, 1.165) is 24.3 Å². The van der Waals surface area contributed by atoms with Crippen molar-refractivity contribution in [1.82, 2.24) is 10.2 Å². The number of carboxylic acids is 4. The molecule has 0 saturated carbocycles. The van der Waals surface area contributed by atoms with Gasteiger partial charge < -0.3 is 24.8 Å². The van der Waals surface area contributed by atoms with Crippen LogP contribution in [-0.4, -0.2) is 54.5 Å². The number of aromatic nitrogens is 2. The van der Waals surface area contributed by atoms with Crippen molar-refractivity contribution in [3.63, 3.8) is 0 Å². The van der Waals surface area contributed by atoms with E-state index in [2.05, 4.69) is 10.2 Å². The quantitative estimate of drug-likeness (QED) is 0.476. The Kier molecular flexibility index (Phi) is 4.79. The van der Waals surface area contributed by atoms with Gasteiger partial charge in [0.15, 0.2) is 0 Å². The standard InChI is InChI=1S/C18H10N2O9/c21-15(22)9-3-1-7(5-11(9)17(25)26)13-19-20-14(29-13)8-2-4-10(16(23)24)12(6-8)18(27)28/h1-6H,(H,21,22)(H,23,24)(H,25,26)(H,27,28). The van der Waals surface area contributed by atoms with Gasteiger partial charge in [0.2, 0.25) is 11.8 Å². The number of rotatable bonds is 6. The highest BCUT2D eigenvalue weighted by Gasteiger charge is 2.21. The van der Waals surface area contributed by atoms with Gasteiger partial charge in [-0.05, 0) is 36.4 Å². The van der Waals surface area contributed by atoms with Crippen LogP contribution >= 0.6 is 0 Å². The van der Waals surface area contributed by atoms with Crippen LogP contribution in [0.1, 0.15) is 41.4 Å². The molecule has 0 amide bonds. The molecule has 0 unspecified atom stereocenters. The van der Waals surface area contributed by atoms with E-state index in [1.807, 2.05) is 0 Å². The lowest BCUT2D eigenvalue weighted by atomic mass is 10.0. The summed E-state index contributed by atoms with van der Waals surface area (Å²) in [6.45, 7) is 0. The van der Waals surface area contributed by atoms with E-state index >= 15 is 0 Å². The SMILES string of the molecule is O=C(O)c1ccc(-c2nnc(-c3ccc(C(=O)O)c(C(=O)O)c3)o2)cc1C(=O)O. The molecule has 0 saturated heterocycles. The van der Waals surface area contributed by atoms with Gasteiger partial charge in [0.1, 0.15) is 0 Å². The highest BCUT2D eigenvalue weighted by Crippen LogP contribution is 2.27. The zero-order valence-electron chi connectivity index (χ0n) is 14.2. The first-order valence-electron chi connectivity index (χ1n) is 7.74. The van der Waals surface area contributed by atoms with Crippen molar-refractivity contribution in [2.24, 2.45) is 0 Å². The molecule has 11 heteroatoms. The average Bonchev–Trinajstić information content (AvgIpc) is 3.17. The van der Waals surface area contributed by atoms with Crippen LogP contribution in [0.5, 0.6) is 0 Å². The van der Waals surface area contributed by atoms with E-state index in [1.54, 1.807) is 0 Å². The maximum atomic E-state index is 11.3. The van der Waals surface area contributed by atoms with Crippen LogP contribution in [0.15, 0.2) is 40.8 Å². The fraction of sp³-hybridized carbons (Fsp3) is 0. The Morgan fingerprint density at radius 1 is 0.586 bits per heavy atom. The third-order valence-electron chi connectivity index (χ3n) is 3.88. The highest BCUT2D eigenvalue weighted by molar-refractivity contribution is 6.03. The Morgan fingerprint density at radius 2 is 0.931 bits per heavy atom. The Balaban J connectivity index is 2.04. The summed E-state index contributed by atoms with van der Waals surface area (Å²) in [4.78, 5) is 44.8. The second kappa shape index (κ2) is 7.23. The molecule has 1 aromatic heterocycles. The van der Waals surface area contributed by atoms with Gasteiger partial charge in [-0.3, -0.25) is 0 Å². The lowest BCUT2D eigenvalue weighted by Gasteiger charge is -2.04. The Morgan fingerprint density at radius 3 is 1.24 bits per heavy atom. The van der Waals surface area contributed by atoms with Crippen molar-refractivity contribution in [1.29, 1.82) is 0 Å². The fourth-order valence-electron chi connectivity index (χ4n) is 2.54. The zero-order chi connectivity index (χ0) is 21.3. The average molecular weight is 398 g/mol. The first kappa shape index (κ1) is 19.2. The van der Waals surface area contributed by atoms with Gasteiger partial charge in [-0.1, -0.05) is 0 Å². The van der Waals surface area contributed by atoms with Gasteiger partial charge in [0.25, 0.3) is 0 Å². The number of aromatic carboxylic acids is 4. The van der Waals surface area contributed by atoms with Crippen LogP contribution in [0.2, 0.25) is 0 Å². The van der Waals surface area contributed by atoms with E-state index in [1.165, 1.54) is 12.1 Å². The molecule has 146 valence electrons. The normalized spacial score (nSPS) is 10.5. The predicted octanol–water partition coefficient (Wildman–Crippen LogP) is 2.20. The summed E-state index contributed by atoms with van der Waals surface area (Å²) in [7, 11) is 0. The smallest absolute Gasteiger partial charge is 0.336 e. The van der Waals surface area contributed by atoms with Crippen LogP contribution in [0.25, 0.3) is 22.9 Å². The van der Waals surface area contributed by atoms with Gasteiger partial charge in [-0.15, -0.1) is 10.2 Å². The van der Waals surface area contributed by atoms with Crippen molar-refractivity contribution in [2.75, 3.05) is 0 Å². The molecule has 0 atom stereocenters. The fourth-order valence-corrected chi connectivity index (χ4v) is 2.54. The lowest BCUT2D eigenvalue weighted by molar-refractivity contribution is 0.0651. The summed E-state index contributed by atoms with van der Waals surface area (Å²) >= 11 is 0. The molecule has 0 aliphatic heterocycles. The summed E-state index contributed by atoms with van der Waals surface area (Å²) in [5.74, 6) is -6.03. The summed E-state index contributed by atoms with van der Waals surface area (Å²) in [6, 6.07) is 6.83. The molecule has 11 nitrogen and oxygen atoms in total. The molecular weight excluding hydrogens is 388 g/mol. The van der Waals surface area contributed by atoms with Crippen LogP contribution in [0, 0.1) is 0 Å². The van der Waals surface area contributed by atoms with Crippen molar-refractivity contribution < 1.29 is 44.0 Å². The monoisotopic (exact) mass is 398 g/mol. The first-order chi connectivity index (χ1) is 13.7. The van der Waals surface area contributed by atoms with Crippen LogP contribution in [0.3, 0.4) is 0 Å². The van der Waals surface area contributed by atoms with E-state index in [-0.39, 0.29) is 22.9 Å². The van der Waals surface area contributed by atoms with Gasteiger partial charge in [-0.2, -0.15) is 0 Å². The maximum absolute atomic E-state index is 11.3. The minimum atomic E-state index is -1.46. The van der Waals surface area contributed by atoms with E-state index in [0.29, 0.717) is 0 Å². The summed E-state index contributed by atoms with van der Waals surface area (Å²) in [5.41, 5.74) is -1.53. The maximum Gasteiger partial charge on any atom is 0.336 e. The number of carbonyl (C=O) groups is 4. The zero-order valence-corrected chi connectivity index (χ0v) is 14.2. The topological polar surface area (TPSA) is 188 Å². The van der Waals surface area contributed by atoms with Gasteiger partial charge >= 0.3 is 23.9 Å². The molecule has 0 aliphatic rings. The third-order valence-corrected chi connectivity index (χ3v) is 3.88. The molecule has 0 bridgehead atoms. The summed E-state index contributed by atoms with van der Waals surface area (Å²) in [6.07, 6.45) is 0. The number of benzene rings is 2. The minimum Gasteiger partial charge on any atom is -0.478 e. The lowest BCUT2D eigenvalue weighted by Crippen LogP contribution is -2.08. The molecule has 0 fully saturated rings. The second-order valence-electron chi connectivity index (χ2n) is 5.65. The van der Waals surface area contributed by atoms with Crippen molar-refractivity contribution >= 4 is 23.9 Å². The molecule has 3 rings (SSSR count). The molecule has 3 aromatic rings. The Bertz CT molecular complexity index is 1090. The van der Waals surface area contributed by atoms with Gasteiger partial charge in [0, 0.05) is 11.1 Å². The highest BCUT2D eigenvalue weighted by atomic mass is 16.4. The van der Waals surface area contributed by atoms with E-state index in [9.17, 15) is 29.4 Å². The van der Waals surface area contributed by atoms with Gasteiger partial charge in [-0.25, -0.2) is 19.2 Å². The molecule has 1 heterocycles. The molecule has 4 N–H and O–H groups in total. The van der Waals surface area contributed by atoms with Crippen LogP contribution in [0.4, 0.5) is 0 Å². The molecular formula is C18H10N2O9.